The Kier molecular flexibility index (Phi) is 5.05. The van der Waals surface area contributed by atoms with Crippen molar-refractivity contribution in [2.45, 2.75) is 6.92 Å². The van der Waals surface area contributed by atoms with Crippen LogP contribution in [-0.2, 0) is 4.79 Å². The number of pyridine rings is 1. The summed E-state index contributed by atoms with van der Waals surface area (Å²) in [6.07, 6.45) is 3.03. The van der Waals surface area contributed by atoms with Gasteiger partial charge in [0.2, 0.25) is 5.91 Å². The highest BCUT2D eigenvalue weighted by atomic mass is 79.9. The molecule has 0 radical (unpaired) electrons. The number of amides is 2. The Morgan fingerprint density at radius 3 is 2.76 bits per heavy atom. The number of nitrogens with zero attached hydrogens (tertiary/aromatic N) is 1. The van der Waals surface area contributed by atoms with Crippen LogP contribution in [0.4, 0.5) is 5.69 Å². The third-order valence-electron chi connectivity index (χ3n) is 2.73. The fraction of sp³-hybridized carbons (Fsp3) is 0.133. The Bertz CT molecular complexity index is 659. The minimum Gasteiger partial charge on any atom is -0.343 e. The fourth-order valence-electron chi connectivity index (χ4n) is 1.68. The highest BCUT2D eigenvalue weighted by Crippen LogP contribution is 2.23. The summed E-state index contributed by atoms with van der Waals surface area (Å²) in [4.78, 5) is 27.4. The average Bonchev–Trinajstić information content (AvgIpc) is 2.48. The number of hydrogen-bond acceptors (Lipinski definition) is 3. The van der Waals surface area contributed by atoms with Gasteiger partial charge in [-0.15, -0.1) is 0 Å². The molecular formula is C15H14BrN3O2. The van der Waals surface area contributed by atoms with Crippen molar-refractivity contribution in [3.05, 3.63) is 58.3 Å². The molecule has 0 atom stereocenters. The molecule has 1 aromatic heterocycles. The van der Waals surface area contributed by atoms with Crippen LogP contribution < -0.4 is 10.6 Å². The van der Waals surface area contributed by atoms with Crippen LogP contribution in [0, 0.1) is 6.92 Å². The number of rotatable bonds is 4. The largest absolute Gasteiger partial charge is 0.343 e. The molecule has 108 valence electrons. The third-order valence-corrected chi connectivity index (χ3v) is 3.39. The molecule has 2 N–H and O–H groups in total. The molecule has 0 aliphatic heterocycles. The van der Waals surface area contributed by atoms with Crippen LogP contribution in [0.2, 0.25) is 0 Å². The lowest BCUT2D eigenvalue weighted by atomic mass is 10.2. The maximum absolute atomic E-state index is 11.8. The van der Waals surface area contributed by atoms with Crippen molar-refractivity contribution in [3.8, 4) is 0 Å². The molecule has 0 spiro atoms. The minimum absolute atomic E-state index is 0.103. The summed E-state index contributed by atoms with van der Waals surface area (Å²) in [6.45, 7) is 1.86. The van der Waals surface area contributed by atoms with Crippen molar-refractivity contribution in [2.75, 3.05) is 11.9 Å². The zero-order valence-electron chi connectivity index (χ0n) is 11.4. The van der Waals surface area contributed by atoms with Crippen LogP contribution in [0.15, 0.2) is 47.2 Å². The van der Waals surface area contributed by atoms with Crippen molar-refractivity contribution in [3.63, 3.8) is 0 Å². The number of halogens is 1. The van der Waals surface area contributed by atoms with Crippen LogP contribution in [0.25, 0.3) is 0 Å². The summed E-state index contributed by atoms with van der Waals surface area (Å²) in [5, 5.41) is 5.27. The van der Waals surface area contributed by atoms with Gasteiger partial charge in [-0.2, -0.15) is 0 Å². The van der Waals surface area contributed by atoms with Gasteiger partial charge in [-0.05, 0) is 52.7 Å². The van der Waals surface area contributed by atoms with Crippen molar-refractivity contribution in [1.29, 1.82) is 0 Å². The summed E-state index contributed by atoms with van der Waals surface area (Å²) in [7, 11) is 0. The minimum atomic E-state index is -0.332. The SMILES string of the molecule is Cc1ccc(NC(=O)CNC(=O)c2cccnc2)c(Br)c1. The molecule has 2 rings (SSSR count). The first kappa shape index (κ1) is 15.2. The fourth-order valence-corrected chi connectivity index (χ4v) is 2.27. The second-order valence-electron chi connectivity index (χ2n) is 4.46. The van der Waals surface area contributed by atoms with Crippen molar-refractivity contribution in [1.82, 2.24) is 10.3 Å². The number of hydrogen-bond donors (Lipinski definition) is 2. The van der Waals surface area contributed by atoms with Gasteiger partial charge in [0.25, 0.3) is 5.91 Å². The van der Waals surface area contributed by atoms with Gasteiger partial charge in [0.15, 0.2) is 0 Å². The lowest BCUT2D eigenvalue weighted by Crippen LogP contribution is -2.32. The van der Waals surface area contributed by atoms with Gasteiger partial charge in [0.1, 0.15) is 0 Å². The Morgan fingerprint density at radius 1 is 1.29 bits per heavy atom. The van der Waals surface area contributed by atoms with E-state index in [9.17, 15) is 9.59 Å². The normalized spacial score (nSPS) is 10.0. The number of anilines is 1. The summed E-state index contributed by atoms with van der Waals surface area (Å²) >= 11 is 3.38. The molecule has 2 amide bonds. The van der Waals surface area contributed by atoms with E-state index in [1.807, 2.05) is 19.1 Å². The van der Waals surface area contributed by atoms with E-state index in [0.29, 0.717) is 11.3 Å². The molecule has 0 aliphatic carbocycles. The van der Waals surface area contributed by atoms with Gasteiger partial charge >= 0.3 is 0 Å². The first-order chi connectivity index (χ1) is 10.1. The lowest BCUT2D eigenvalue weighted by molar-refractivity contribution is -0.115. The molecule has 1 heterocycles. The molecule has 0 saturated carbocycles. The first-order valence-electron chi connectivity index (χ1n) is 6.30. The third kappa shape index (κ3) is 4.39. The van der Waals surface area contributed by atoms with Crippen molar-refractivity contribution in [2.24, 2.45) is 0 Å². The highest BCUT2D eigenvalue weighted by molar-refractivity contribution is 9.10. The molecule has 2 aromatic rings. The smallest absolute Gasteiger partial charge is 0.253 e. The quantitative estimate of drug-likeness (QED) is 0.892. The Balaban J connectivity index is 1.89. The standard InChI is InChI=1S/C15H14BrN3O2/c1-10-4-5-13(12(16)7-10)19-14(20)9-18-15(21)11-3-2-6-17-8-11/h2-8H,9H2,1H3,(H,18,21)(H,19,20). The van der Waals surface area contributed by atoms with Gasteiger partial charge < -0.3 is 10.6 Å². The summed E-state index contributed by atoms with van der Waals surface area (Å²) in [5.41, 5.74) is 2.17. The van der Waals surface area contributed by atoms with E-state index in [1.54, 1.807) is 24.4 Å². The van der Waals surface area contributed by atoms with E-state index in [2.05, 4.69) is 31.5 Å². The zero-order valence-corrected chi connectivity index (χ0v) is 13.0. The predicted molar refractivity (Wildman–Crippen MR) is 84.1 cm³/mol. The summed E-state index contributed by atoms with van der Waals surface area (Å²) in [5.74, 6) is -0.627. The molecule has 0 aliphatic rings. The molecule has 0 fully saturated rings. The van der Waals surface area contributed by atoms with Gasteiger partial charge in [0, 0.05) is 16.9 Å². The lowest BCUT2D eigenvalue weighted by Gasteiger charge is -2.09. The van der Waals surface area contributed by atoms with E-state index >= 15 is 0 Å². The maximum atomic E-state index is 11.8. The molecule has 1 aromatic carbocycles. The van der Waals surface area contributed by atoms with Gasteiger partial charge in [0.05, 0.1) is 17.8 Å². The Labute approximate surface area is 130 Å². The predicted octanol–water partition coefficient (Wildman–Crippen LogP) is 2.52. The number of carbonyl (C=O) groups excluding carboxylic acids is 2. The number of aryl methyl sites for hydroxylation is 1. The second-order valence-corrected chi connectivity index (χ2v) is 5.31. The Morgan fingerprint density at radius 2 is 2.10 bits per heavy atom. The van der Waals surface area contributed by atoms with Crippen LogP contribution >= 0.6 is 15.9 Å². The van der Waals surface area contributed by atoms with Crippen LogP contribution in [0.3, 0.4) is 0 Å². The number of aromatic nitrogens is 1. The number of carbonyl (C=O) groups is 2. The number of nitrogens with one attached hydrogen (secondary N) is 2. The van der Waals surface area contributed by atoms with E-state index in [4.69, 9.17) is 0 Å². The van der Waals surface area contributed by atoms with Gasteiger partial charge in [-0.1, -0.05) is 6.07 Å². The zero-order chi connectivity index (χ0) is 15.2. The van der Waals surface area contributed by atoms with Gasteiger partial charge in [-0.3, -0.25) is 14.6 Å². The summed E-state index contributed by atoms with van der Waals surface area (Å²) in [6, 6.07) is 8.91. The average molecular weight is 348 g/mol. The Hall–Kier alpha value is -2.21. The van der Waals surface area contributed by atoms with Crippen LogP contribution in [-0.4, -0.2) is 23.3 Å². The molecule has 0 bridgehead atoms. The maximum Gasteiger partial charge on any atom is 0.253 e. The van der Waals surface area contributed by atoms with E-state index in [1.165, 1.54) is 6.20 Å². The summed E-state index contributed by atoms with van der Waals surface area (Å²) < 4.78 is 0.800. The second kappa shape index (κ2) is 6.99. The molecule has 0 unspecified atom stereocenters. The van der Waals surface area contributed by atoms with Crippen molar-refractivity contribution < 1.29 is 9.59 Å². The van der Waals surface area contributed by atoms with Crippen molar-refractivity contribution >= 4 is 33.4 Å². The first-order valence-corrected chi connectivity index (χ1v) is 7.10. The molecule has 5 nitrogen and oxygen atoms in total. The topological polar surface area (TPSA) is 71.1 Å². The monoisotopic (exact) mass is 347 g/mol. The van der Waals surface area contributed by atoms with Gasteiger partial charge in [-0.25, -0.2) is 0 Å². The van der Waals surface area contributed by atoms with E-state index in [0.717, 1.165) is 10.0 Å². The van der Waals surface area contributed by atoms with E-state index < -0.39 is 0 Å². The van der Waals surface area contributed by atoms with Crippen LogP contribution in [0.5, 0.6) is 0 Å². The molecule has 6 heteroatoms. The molecular weight excluding hydrogens is 334 g/mol. The highest BCUT2D eigenvalue weighted by Gasteiger charge is 2.09. The van der Waals surface area contributed by atoms with E-state index in [-0.39, 0.29) is 18.4 Å². The number of benzene rings is 1. The molecule has 0 saturated heterocycles. The molecule has 21 heavy (non-hydrogen) atoms. The van der Waals surface area contributed by atoms with Crippen LogP contribution in [0.1, 0.15) is 15.9 Å².